The van der Waals surface area contributed by atoms with Crippen LogP contribution in [0.2, 0.25) is 0 Å². The van der Waals surface area contributed by atoms with E-state index in [9.17, 15) is 20.4 Å². The number of alkyl halides is 3. The highest BCUT2D eigenvalue weighted by Gasteiger charge is 2.53. The lowest BCUT2D eigenvalue weighted by atomic mass is 9.91. The minimum Gasteiger partial charge on any atom is -0.448 e. The van der Waals surface area contributed by atoms with E-state index in [4.69, 9.17) is 143 Å². The lowest BCUT2D eigenvalue weighted by Crippen LogP contribution is -2.57. The topological polar surface area (TPSA) is 431 Å². The molecule has 7 saturated heterocycles. The molecule has 3 aromatic carbocycles. The molecule has 0 aliphatic carbocycles. The van der Waals surface area contributed by atoms with Crippen molar-refractivity contribution in [2.45, 2.75) is 272 Å². The summed E-state index contributed by atoms with van der Waals surface area (Å²) in [5.74, 6) is -1.31. The molecule has 7 aliphatic rings. The molecule has 9 N–H and O–H groups in total. The maximum absolute atomic E-state index is 10.3. The van der Waals surface area contributed by atoms with Gasteiger partial charge < -0.3 is 117 Å². The van der Waals surface area contributed by atoms with E-state index < -0.39 is 108 Å². The highest BCUT2D eigenvalue weighted by atomic mass is 35.6. The van der Waals surface area contributed by atoms with Gasteiger partial charge in [0.25, 0.3) is 3.79 Å². The van der Waals surface area contributed by atoms with Crippen molar-refractivity contribution in [1.82, 2.24) is 0 Å². The maximum atomic E-state index is 10.3. The van der Waals surface area contributed by atoms with E-state index >= 15 is 0 Å². The minimum absolute atomic E-state index is 0.00419. The Bertz CT molecular complexity index is 3140. The average Bonchev–Trinajstić information content (AvgIpc) is 1.59. The second kappa shape index (κ2) is 47.4. The molecule has 0 bridgehead atoms. The van der Waals surface area contributed by atoms with E-state index in [1.165, 1.54) is 6.92 Å². The van der Waals surface area contributed by atoms with Crippen molar-refractivity contribution in [2.75, 3.05) is 25.4 Å². The van der Waals surface area contributed by atoms with Gasteiger partial charge in [-0.15, -0.1) is 37.0 Å². The van der Waals surface area contributed by atoms with Crippen LogP contribution in [0.4, 0.5) is 0 Å². The number of halogens is 3. The predicted octanol–water partition coefficient (Wildman–Crippen LogP) is 8.85. The summed E-state index contributed by atoms with van der Waals surface area (Å²) >= 11 is 17.0. The van der Waals surface area contributed by atoms with E-state index in [-0.39, 0.29) is 91.3 Å². The van der Waals surface area contributed by atoms with Gasteiger partial charge in [0.2, 0.25) is 12.2 Å². The number of hydrogen-bond donors (Lipinski definition) is 9. The van der Waals surface area contributed by atoms with Crippen molar-refractivity contribution in [3.63, 3.8) is 0 Å². The van der Waals surface area contributed by atoms with Crippen LogP contribution in [0.1, 0.15) is 99.8 Å². The van der Waals surface area contributed by atoms with Crippen LogP contribution in [-0.4, -0.2) is 241 Å². The van der Waals surface area contributed by atoms with Gasteiger partial charge in [-0.2, -0.15) is 0 Å². The highest BCUT2D eigenvalue weighted by molar-refractivity contribution is 7.16. The normalized spacial score (nSPS) is 37.5. The summed E-state index contributed by atoms with van der Waals surface area (Å²) in [6.07, 6.45) is -13.5. The van der Waals surface area contributed by atoms with Crippen LogP contribution in [0, 0.1) is 29.1 Å². The third kappa shape index (κ3) is 28.7. The van der Waals surface area contributed by atoms with Crippen molar-refractivity contribution in [2.24, 2.45) is 33.9 Å². The SMILES string of the molecule is CC1OC(O)C(O)[C@@H](O)[C@H]1O.CC1OC(OC(=N)C(Cl)(Cl)Cl)C(C)[C@@H](OCc2ccccc2)[C@@H]1N=[N+]=[N-].CC1O[C@H](OCP)C(C)[C@@H](OCc2ccccc2)[C@@H]1N=[N+]=[N-].CC1O[C@H](OCP)C(O)[C@@H](O)[C@H]1O.CC1[C@@H](OCP)OC(C)[C@@H]2OC(C)(C)O[C@H]12.CC1[C@@H](OCP)OC(C)[C@H](O)[C@@H]1OCc1ccccc1. The first-order chi connectivity index (χ1) is 51.1. The standard InChI is InChI=1S/C16H19Cl3N4O3.C15H22N3O3P.C15H23O4P.C11H21O4P.C7H15O5P.C6H12O5/c1-9-13(24-8-11-6-4-3-5-7-11)12(22-23-21)10(2)25-14(9)26-15(20)16(17,18)19;1-10-14(19-8-12-6-4-3-5-7-12)13(17-18-16)11(2)21-15(10)20-9-22;1-10-14(17-8-12-6-4-3-5-7-12)13(16)11(2)19-15(10)18-9-20;1-6-8-9(15-11(3,4)14-8)7(2)13-10(6)12-5-16;1-3-4(8)5(9)6(10)7(12-3)11-2-13;1-2-3(7)4(8)5(9)6(10)11-2/h3-7,9-10,12-14,20H,8H2,1-2H3;3-7,10-11,13-15H,8-9,22H2,1-2H3;3-7,10-11,13-16H,8-9,20H2,1-2H3;6-10H,5,16H2,1-4H3;3-10H,2,13H2,1H3;2-10H,1H3/t9?,10?,12-,13-,14?;10?,11?,13-,14-,15+;10?,11?,13-,14+,15-;6?,7?,8-,9+,10+;3?,4-,5-,6?,7-;2?,3-,4-,5?,6?/m110100/s1. The monoisotopic (exact) mass is 1660 g/mol. The summed E-state index contributed by atoms with van der Waals surface area (Å²) in [5, 5.41) is 89.7. The summed E-state index contributed by atoms with van der Waals surface area (Å²) in [6, 6.07) is 28.6. The number of aliphatic hydroxyl groups is 8. The third-order valence-electron chi connectivity index (χ3n) is 18.7. The lowest BCUT2D eigenvalue weighted by molar-refractivity contribution is -0.288. The Labute approximate surface area is 656 Å². The Morgan fingerprint density at radius 1 is 0.426 bits per heavy atom. The largest absolute Gasteiger partial charge is 0.448 e. The first-order valence-electron chi connectivity index (χ1n) is 35.5. The Kier molecular flexibility index (Phi) is 42.2. The molecule has 7 heterocycles. The zero-order valence-corrected chi connectivity index (χ0v) is 69.6. The Morgan fingerprint density at radius 3 is 1.19 bits per heavy atom. The van der Waals surface area contributed by atoms with Crippen LogP contribution in [0.25, 0.3) is 20.9 Å². The molecule has 34 atom stereocenters. The first kappa shape index (κ1) is 96.0. The van der Waals surface area contributed by atoms with Gasteiger partial charge in [0.05, 0.1) is 118 Å². The number of fused-ring (bicyclic) bond motifs is 1. The maximum Gasteiger partial charge on any atom is 0.265 e. The summed E-state index contributed by atoms with van der Waals surface area (Å²) < 4.78 is 87.7. The molecule has 3 aromatic rings. The fourth-order valence-electron chi connectivity index (χ4n) is 12.5. The molecular formula is C70H112Cl3N7O24P4. The van der Waals surface area contributed by atoms with Crippen molar-refractivity contribution in [3.05, 3.63) is 129 Å². The summed E-state index contributed by atoms with van der Waals surface area (Å²) in [6.45, 7) is 23.6. The highest BCUT2D eigenvalue weighted by Crippen LogP contribution is 2.41. The number of azide groups is 2. The quantitative estimate of drug-likeness (QED) is 0.00969. The number of aliphatic hydroxyl groups excluding tert-OH is 8. The second-order valence-corrected chi connectivity index (χ2v) is 30.8. The van der Waals surface area contributed by atoms with E-state index in [1.54, 1.807) is 20.8 Å². The van der Waals surface area contributed by atoms with E-state index in [0.717, 1.165) is 16.7 Å². The van der Waals surface area contributed by atoms with Gasteiger partial charge in [0.1, 0.15) is 48.8 Å². The van der Waals surface area contributed by atoms with Gasteiger partial charge in [-0.3, -0.25) is 5.41 Å². The number of benzene rings is 3. The summed E-state index contributed by atoms with van der Waals surface area (Å²) in [7, 11) is 9.89. The van der Waals surface area contributed by atoms with Gasteiger partial charge in [0.15, 0.2) is 37.2 Å². The van der Waals surface area contributed by atoms with Crippen molar-refractivity contribution in [1.29, 1.82) is 5.41 Å². The van der Waals surface area contributed by atoms with E-state index in [2.05, 4.69) is 68.7 Å². The zero-order valence-electron chi connectivity index (χ0n) is 62.7. The fraction of sp³-hybridized carbons (Fsp3) is 0.729. The molecule has 38 heteroatoms. The van der Waals surface area contributed by atoms with Crippen molar-refractivity contribution >= 4 is 77.7 Å². The van der Waals surface area contributed by atoms with Crippen LogP contribution in [-0.2, 0) is 95.6 Å². The van der Waals surface area contributed by atoms with Crippen LogP contribution < -0.4 is 0 Å². The first-order valence-corrected chi connectivity index (χ1v) is 39.9. The molecule has 612 valence electrons. The van der Waals surface area contributed by atoms with Gasteiger partial charge in [-0.1, -0.05) is 164 Å². The summed E-state index contributed by atoms with van der Waals surface area (Å²) in [5.41, 5.74) is 20.8. The van der Waals surface area contributed by atoms with Crippen LogP contribution in [0.5, 0.6) is 0 Å². The molecular weight excluding hydrogens is 1550 g/mol. The van der Waals surface area contributed by atoms with E-state index in [1.807, 2.05) is 139 Å². The van der Waals surface area contributed by atoms with Crippen LogP contribution >= 0.6 is 71.8 Å². The smallest absolute Gasteiger partial charge is 0.265 e. The number of hydrogen-bond acceptors (Lipinski definition) is 27. The average molecular weight is 1670 g/mol. The molecule has 31 nitrogen and oxygen atoms in total. The lowest BCUT2D eigenvalue weighted by Gasteiger charge is -2.42. The molecule has 0 spiro atoms. The summed E-state index contributed by atoms with van der Waals surface area (Å²) in [4.78, 5) is 5.83. The zero-order chi connectivity index (χ0) is 80.3. The molecule has 0 saturated carbocycles. The Hall–Kier alpha value is -2.58. The third-order valence-corrected chi connectivity index (χ3v) is 19.9. The molecule has 18 unspecified atom stereocenters. The number of nitrogens with zero attached hydrogens (tertiary/aromatic N) is 6. The van der Waals surface area contributed by atoms with Crippen molar-refractivity contribution < 1.29 is 117 Å². The predicted molar refractivity (Wildman–Crippen MR) is 413 cm³/mol. The molecule has 0 radical (unpaired) electrons. The van der Waals surface area contributed by atoms with Gasteiger partial charge in [0, 0.05) is 33.5 Å². The van der Waals surface area contributed by atoms with Crippen LogP contribution in [0.15, 0.2) is 101 Å². The number of ether oxygens (including phenoxy) is 16. The Morgan fingerprint density at radius 2 is 0.759 bits per heavy atom. The number of nitrogens with one attached hydrogen (secondary N) is 1. The van der Waals surface area contributed by atoms with Gasteiger partial charge >= 0.3 is 0 Å². The minimum atomic E-state index is -1.99. The van der Waals surface area contributed by atoms with Crippen LogP contribution in [0.3, 0.4) is 0 Å². The fourth-order valence-corrected chi connectivity index (χ4v) is 13.4. The molecule has 0 amide bonds. The molecule has 0 aromatic heterocycles. The van der Waals surface area contributed by atoms with E-state index in [0.29, 0.717) is 45.2 Å². The van der Waals surface area contributed by atoms with Crippen molar-refractivity contribution in [3.8, 4) is 0 Å². The molecule has 7 aliphatic heterocycles. The molecule has 10 rings (SSSR count). The van der Waals surface area contributed by atoms with Gasteiger partial charge in [-0.25, -0.2) is 0 Å². The molecule has 7 fully saturated rings. The molecule has 108 heavy (non-hydrogen) atoms. The number of rotatable bonds is 20. The Balaban J connectivity index is 0.000000237. The second-order valence-electron chi connectivity index (χ2n) is 27.2. The van der Waals surface area contributed by atoms with Gasteiger partial charge in [-0.05, 0) is 83.1 Å².